The fourth-order valence-electron chi connectivity index (χ4n) is 0.848. The summed E-state index contributed by atoms with van der Waals surface area (Å²) in [4.78, 5) is 2.59. The maximum absolute atomic E-state index is 12.9. The molecule has 0 fully saturated rings. The van der Waals surface area contributed by atoms with Gasteiger partial charge in [-0.05, 0) is 29.6 Å². The molecule has 0 bridgehead atoms. The van der Waals surface area contributed by atoms with Crippen LogP contribution in [0.25, 0.3) is 10.4 Å². The number of halogens is 5. The van der Waals surface area contributed by atoms with Gasteiger partial charge < -0.3 is 0 Å². The Hall–Kier alpha value is -1.82. The minimum atomic E-state index is -0.263. The van der Waals surface area contributed by atoms with Gasteiger partial charge in [-0.1, -0.05) is 17.2 Å². The summed E-state index contributed by atoms with van der Waals surface area (Å²) in [6.45, 7) is 1.89. The highest BCUT2D eigenvalue weighted by Gasteiger charge is 1.97. The highest BCUT2D eigenvalue weighted by molar-refractivity contribution is 5.23. The smallest absolute Gasteiger partial charge is 0.126 e. The summed E-state index contributed by atoms with van der Waals surface area (Å²) in [5, 5.41) is 3.33. The molecule has 0 aliphatic heterocycles. The first-order valence-electron chi connectivity index (χ1n) is 3.78. The lowest BCUT2D eigenvalue weighted by Crippen LogP contribution is -1.85. The molecule has 0 atom stereocenters. The van der Waals surface area contributed by atoms with Crippen LogP contribution in [0.15, 0.2) is 23.3 Å². The Kier molecular flexibility index (Phi) is 11.7. The summed E-state index contributed by atoms with van der Waals surface area (Å²) >= 11 is 0. The van der Waals surface area contributed by atoms with Gasteiger partial charge in [-0.2, -0.15) is 0 Å². The summed E-state index contributed by atoms with van der Waals surface area (Å²) in [5.74, 6) is -0.263. The number of benzene rings is 1. The van der Waals surface area contributed by atoms with Gasteiger partial charge in [0.25, 0.3) is 0 Å². The molecule has 0 aromatic heterocycles. The normalized spacial score (nSPS) is 7.62. The van der Waals surface area contributed by atoms with Gasteiger partial charge in [0, 0.05) is 23.2 Å². The standard InChI is InChI=1S/C8H8FN3.2F2/c1-6-2-3-7(4-8(6)9)5-11-12-10;2*1-2/h2-4H,5H2,1H3;;. The van der Waals surface area contributed by atoms with Crippen LogP contribution < -0.4 is 0 Å². The Morgan fingerprint density at radius 2 is 1.81 bits per heavy atom. The monoisotopic (exact) mass is 241 g/mol. The van der Waals surface area contributed by atoms with Gasteiger partial charge in [0.2, 0.25) is 0 Å². The van der Waals surface area contributed by atoms with E-state index >= 15 is 0 Å². The molecule has 0 amide bonds. The second-order valence-electron chi connectivity index (χ2n) is 2.47. The molecule has 0 radical (unpaired) electrons. The molecule has 3 nitrogen and oxygen atoms in total. The summed E-state index contributed by atoms with van der Waals surface area (Å²) in [6, 6.07) is 4.79. The number of azide groups is 1. The third-order valence-corrected chi connectivity index (χ3v) is 1.55. The van der Waals surface area contributed by atoms with E-state index < -0.39 is 0 Å². The minimum absolute atomic E-state index is 0.202. The van der Waals surface area contributed by atoms with Gasteiger partial charge in [-0.25, -0.2) is 4.39 Å². The summed E-state index contributed by atoms with van der Waals surface area (Å²) in [7, 11) is 0. The zero-order valence-electron chi connectivity index (χ0n) is 8.17. The van der Waals surface area contributed by atoms with Crippen molar-refractivity contribution < 1.29 is 22.7 Å². The summed E-state index contributed by atoms with van der Waals surface area (Å²) in [5.41, 5.74) is 9.30. The zero-order chi connectivity index (χ0) is 13.0. The average molecular weight is 241 g/mol. The molecular weight excluding hydrogens is 233 g/mol. The topological polar surface area (TPSA) is 48.8 Å². The molecule has 8 heteroatoms. The van der Waals surface area contributed by atoms with E-state index in [0.717, 1.165) is 0 Å². The maximum Gasteiger partial charge on any atom is 0.126 e. The molecule has 0 aliphatic rings. The third kappa shape index (κ3) is 6.61. The summed E-state index contributed by atoms with van der Waals surface area (Å²) < 4.78 is 44.9. The molecule has 90 valence electrons. The SMILES string of the molecule is Cc1ccc(CN=[N+]=[N-])cc1F.FF.FF. The van der Waals surface area contributed by atoms with E-state index in [1.165, 1.54) is 6.07 Å². The molecule has 0 saturated heterocycles. The predicted octanol–water partition coefficient (Wildman–Crippen LogP) is 4.63. The Bertz CT molecular complexity index is 338. The van der Waals surface area contributed by atoms with E-state index in [1.807, 2.05) is 0 Å². The Labute approximate surface area is 87.9 Å². The number of hydrogen-bond acceptors (Lipinski definition) is 1. The fraction of sp³-hybridized carbons (Fsp3) is 0.250. The van der Waals surface area contributed by atoms with E-state index in [1.54, 1.807) is 19.1 Å². The number of hydrogen-bond donors (Lipinski definition) is 0. The molecule has 16 heavy (non-hydrogen) atoms. The second kappa shape index (κ2) is 11.3. The highest BCUT2D eigenvalue weighted by atomic mass is 20.0. The molecule has 0 N–H and O–H groups in total. The first-order chi connectivity index (χ1) is 7.74. The van der Waals surface area contributed by atoms with Crippen molar-refractivity contribution in [1.29, 1.82) is 0 Å². The molecule has 0 saturated carbocycles. The van der Waals surface area contributed by atoms with Gasteiger partial charge in [0.05, 0.1) is 6.54 Å². The predicted molar refractivity (Wildman–Crippen MR) is 48.4 cm³/mol. The van der Waals surface area contributed by atoms with Gasteiger partial charge in [-0.15, -0.1) is 0 Å². The molecule has 1 aromatic carbocycles. The Balaban J connectivity index is 0. The quantitative estimate of drug-likeness (QED) is 0.314. The molecule has 0 heterocycles. The van der Waals surface area contributed by atoms with Gasteiger partial charge >= 0.3 is 0 Å². The molecular formula is C8H8F5N3. The lowest BCUT2D eigenvalue weighted by molar-refractivity contribution is 0.108. The number of rotatable bonds is 2. The van der Waals surface area contributed by atoms with Gasteiger partial charge in [-0.3, -0.25) is 0 Å². The fourth-order valence-corrected chi connectivity index (χ4v) is 0.848. The first kappa shape index (κ1) is 16.6. The largest absolute Gasteiger partial charge is 0.207 e. The van der Waals surface area contributed by atoms with E-state index in [0.29, 0.717) is 11.1 Å². The van der Waals surface area contributed by atoms with Crippen molar-refractivity contribution in [2.75, 3.05) is 0 Å². The van der Waals surface area contributed by atoms with Crippen LogP contribution in [-0.2, 0) is 6.54 Å². The zero-order valence-corrected chi connectivity index (χ0v) is 8.17. The van der Waals surface area contributed by atoms with Crippen molar-refractivity contribution in [3.05, 3.63) is 45.6 Å². The van der Waals surface area contributed by atoms with Crippen molar-refractivity contribution in [2.24, 2.45) is 5.11 Å². The van der Waals surface area contributed by atoms with Crippen LogP contribution >= 0.6 is 0 Å². The molecule has 1 aromatic rings. The molecule has 0 spiro atoms. The van der Waals surface area contributed by atoms with Crippen molar-refractivity contribution in [1.82, 2.24) is 0 Å². The molecule has 0 unspecified atom stereocenters. The lowest BCUT2D eigenvalue weighted by Gasteiger charge is -1.98. The molecule has 1 rings (SSSR count). The van der Waals surface area contributed by atoms with Crippen molar-refractivity contribution in [2.45, 2.75) is 13.5 Å². The third-order valence-electron chi connectivity index (χ3n) is 1.55. The highest BCUT2D eigenvalue weighted by Crippen LogP contribution is 2.09. The van der Waals surface area contributed by atoms with Gasteiger partial charge in [0.1, 0.15) is 5.82 Å². The number of aryl methyl sites for hydroxylation is 1. The second-order valence-corrected chi connectivity index (χ2v) is 2.47. The van der Waals surface area contributed by atoms with Crippen LogP contribution in [0.5, 0.6) is 0 Å². The Morgan fingerprint density at radius 1 is 1.25 bits per heavy atom. The maximum atomic E-state index is 12.9. The van der Waals surface area contributed by atoms with Crippen LogP contribution in [0.2, 0.25) is 0 Å². The van der Waals surface area contributed by atoms with Crippen LogP contribution in [0.4, 0.5) is 22.7 Å². The van der Waals surface area contributed by atoms with Crippen molar-refractivity contribution in [3.63, 3.8) is 0 Å². The average Bonchev–Trinajstić information content (AvgIpc) is 2.36. The van der Waals surface area contributed by atoms with Crippen molar-refractivity contribution >= 4 is 0 Å². The Morgan fingerprint density at radius 3 is 2.25 bits per heavy atom. The van der Waals surface area contributed by atoms with Crippen molar-refractivity contribution in [3.8, 4) is 0 Å². The van der Waals surface area contributed by atoms with E-state index in [9.17, 15) is 4.39 Å². The van der Waals surface area contributed by atoms with Crippen LogP contribution in [-0.4, -0.2) is 0 Å². The van der Waals surface area contributed by atoms with Crippen LogP contribution in [0.1, 0.15) is 11.1 Å². The number of nitrogens with zero attached hydrogens (tertiary/aromatic N) is 3. The van der Waals surface area contributed by atoms with E-state index in [4.69, 9.17) is 23.8 Å². The molecule has 0 aliphatic carbocycles. The first-order valence-corrected chi connectivity index (χ1v) is 3.78. The van der Waals surface area contributed by atoms with E-state index in [-0.39, 0.29) is 12.4 Å². The summed E-state index contributed by atoms with van der Waals surface area (Å²) in [6.07, 6.45) is 0. The van der Waals surface area contributed by atoms with Crippen LogP contribution in [0, 0.1) is 12.7 Å². The van der Waals surface area contributed by atoms with E-state index in [2.05, 4.69) is 10.0 Å². The minimum Gasteiger partial charge on any atom is -0.207 e. The van der Waals surface area contributed by atoms with Crippen LogP contribution in [0.3, 0.4) is 0 Å². The lowest BCUT2D eigenvalue weighted by atomic mass is 10.1. The van der Waals surface area contributed by atoms with Gasteiger partial charge in [0.15, 0.2) is 0 Å².